The van der Waals surface area contributed by atoms with Crippen molar-refractivity contribution in [2.24, 2.45) is 0 Å². The van der Waals surface area contributed by atoms with Crippen molar-refractivity contribution in [3.05, 3.63) is 52.5 Å². The van der Waals surface area contributed by atoms with Crippen LogP contribution in [0.25, 0.3) is 0 Å². The van der Waals surface area contributed by atoms with Gasteiger partial charge in [0.25, 0.3) is 10.0 Å². The van der Waals surface area contributed by atoms with E-state index in [0.717, 1.165) is 34.3 Å². The molecule has 0 saturated carbocycles. The highest BCUT2D eigenvalue weighted by Gasteiger charge is 2.38. The SMILES string of the molecule is Cc1ccc(NS(=O)(=O)c2ccc(NC(=O)C(F)(F)F)cc2)cc1Br. The molecule has 5 nitrogen and oxygen atoms in total. The van der Waals surface area contributed by atoms with Crippen molar-refractivity contribution < 1.29 is 26.4 Å². The highest BCUT2D eigenvalue weighted by Crippen LogP contribution is 2.24. The quantitative estimate of drug-likeness (QED) is 0.758. The molecule has 2 aromatic rings. The van der Waals surface area contributed by atoms with Crippen LogP contribution in [-0.2, 0) is 14.8 Å². The summed E-state index contributed by atoms with van der Waals surface area (Å²) < 4.78 is 64.2. The summed E-state index contributed by atoms with van der Waals surface area (Å²) in [6, 6.07) is 9.22. The van der Waals surface area contributed by atoms with Crippen LogP contribution in [0.5, 0.6) is 0 Å². The maximum Gasteiger partial charge on any atom is 0.471 e. The molecule has 0 fully saturated rings. The molecule has 0 radical (unpaired) electrons. The minimum atomic E-state index is -5.02. The van der Waals surface area contributed by atoms with Crippen LogP contribution in [0, 0.1) is 6.92 Å². The number of halogens is 4. The second-order valence-corrected chi connectivity index (χ2v) is 7.58. The number of alkyl halides is 3. The fourth-order valence-electron chi connectivity index (χ4n) is 1.79. The third-order valence-corrected chi connectivity index (χ3v) is 5.36. The molecule has 134 valence electrons. The van der Waals surface area contributed by atoms with Gasteiger partial charge in [0.05, 0.1) is 4.90 Å². The molecule has 2 aromatic carbocycles. The molecule has 1 amide bonds. The van der Waals surface area contributed by atoms with Crippen LogP contribution in [0.3, 0.4) is 0 Å². The van der Waals surface area contributed by atoms with Gasteiger partial charge in [-0.2, -0.15) is 13.2 Å². The van der Waals surface area contributed by atoms with Crippen molar-refractivity contribution in [2.75, 3.05) is 10.0 Å². The van der Waals surface area contributed by atoms with E-state index in [1.807, 2.05) is 6.92 Å². The van der Waals surface area contributed by atoms with E-state index >= 15 is 0 Å². The van der Waals surface area contributed by atoms with E-state index in [4.69, 9.17) is 0 Å². The number of aryl methyl sites for hydroxylation is 1. The van der Waals surface area contributed by atoms with Gasteiger partial charge >= 0.3 is 12.1 Å². The molecular formula is C15H12BrF3N2O3S. The minimum absolute atomic E-state index is 0.158. The molecule has 0 saturated heterocycles. The van der Waals surface area contributed by atoms with Crippen LogP contribution in [0.1, 0.15) is 5.56 Å². The molecule has 0 aromatic heterocycles. The number of carbonyl (C=O) groups is 1. The first-order valence-electron chi connectivity index (χ1n) is 6.76. The van der Waals surface area contributed by atoms with Crippen molar-refractivity contribution in [2.45, 2.75) is 18.0 Å². The second-order valence-electron chi connectivity index (χ2n) is 5.05. The Hall–Kier alpha value is -2.07. The van der Waals surface area contributed by atoms with Crippen LogP contribution >= 0.6 is 15.9 Å². The summed E-state index contributed by atoms with van der Waals surface area (Å²) in [6.45, 7) is 1.84. The van der Waals surface area contributed by atoms with Gasteiger partial charge in [-0.15, -0.1) is 0 Å². The Labute approximate surface area is 150 Å². The largest absolute Gasteiger partial charge is 0.471 e. The molecule has 2 rings (SSSR count). The molecule has 0 bridgehead atoms. The number of anilines is 2. The van der Waals surface area contributed by atoms with E-state index in [0.29, 0.717) is 5.69 Å². The summed E-state index contributed by atoms with van der Waals surface area (Å²) in [6.07, 6.45) is -5.02. The van der Waals surface area contributed by atoms with Gasteiger partial charge in [0, 0.05) is 15.8 Å². The molecule has 0 heterocycles. The number of hydrogen-bond acceptors (Lipinski definition) is 3. The first-order valence-corrected chi connectivity index (χ1v) is 9.04. The molecule has 0 atom stereocenters. The molecule has 0 aliphatic rings. The van der Waals surface area contributed by atoms with Crippen LogP contribution in [0.4, 0.5) is 24.5 Å². The zero-order valence-corrected chi connectivity index (χ0v) is 15.1. The Bertz CT molecular complexity index is 897. The number of amides is 1. The Kier molecular flexibility index (Phi) is 5.43. The molecule has 0 spiro atoms. The Balaban J connectivity index is 2.17. The average molecular weight is 437 g/mol. The Morgan fingerprint density at radius 3 is 2.12 bits per heavy atom. The van der Waals surface area contributed by atoms with Gasteiger partial charge in [-0.1, -0.05) is 22.0 Å². The number of nitrogens with one attached hydrogen (secondary N) is 2. The van der Waals surface area contributed by atoms with E-state index in [1.54, 1.807) is 23.5 Å². The minimum Gasteiger partial charge on any atom is -0.318 e. The summed E-state index contributed by atoms with van der Waals surface area (Å²) in [4.78, 5) is 10.7. The van der Waals surface area contributed by atoms with Gasteiger partial charge < -0.3 is 5.32 Å². The van der Waals surface area contributed by atoms with Gasteiger partial charge in [0.15, 0.2) is 0 Å². The van der Waals surface area contributed by atoms with Gasteiger partial charge in [-0.25, -0.2) is 8.42 Å². The summed E-state index contributed by atoms with van der Waals surface area (Å²) in [5.41, 5.74) is 1.08. The van der Waals surface area contributed by atoms with Gasteiger partial charge in [-0.3, -0.25) is 9.52 Å². The maximum absolute atomic E-state index is 12.3. The summed E-state index contributed by atoms with van der Waals surface area (Å²) in [5.74, 6) is -2.13. The topological polar surface area (TPSA) is 75.3 Å². The highest BCUT2D eigenvalue weighted by molar-refractivity contribution is 9.10. The van der Waals surface area contributed by atoms with Crippen LogP contribution in [0.2, 0.25) is 0 Å². The van der Waals surface area contributed by atoms with Crippen molar-refractivity contribution in [1.29, 1.82) is 0 Å². The first-order chi connectivity index (χ1) is 11.5. The van der Waals surface area contributed by atoms with E-state index in [1.165, 1.54) is 0 Å². The molecular weight excluding hydrogens is 425 g/mol. The van der Waals surface area contributed by atoms with E-state index < -0.39 is 22.1 Å². The number of sulfonamides is 1. The van der Waals surface area contributed by atoms with Crippen LogP contribution in [0.15, 0.2) is 51.8 Å². The maximum atomic E-state index is 12.3. The smallest absolute Gasteiger partial charge is 0.318 e. The predicted molar refractivity (Wildman–Crippen MR) is 90.8 cm³/mol. The number of hydrogen-bond donors (Lipinski definition) is 2. The zero-order chi connectivity index (χ0) is 18.8. The Morgan fingerprint density at radius 1 is 1.04 bits per heavy atom. The molecule has 0 aliphatic heterocycles. The van der Waals surface area contributed by atoms with E-state index in [-0.39, 0.29) is 10.6 Å². The number of benzene rings is 2. The second kappa shape index (κ2) is 7.04. The number of carbonyl (C=O) groups excluding carboxylic acids is 1. The molecule has 2 N–H and O–H groups in total. The normalized spacial score (nSPS) is 11.9. The summed E-state index contributed by atoms with van der Waals surface area (Å²) >= 11 is 3.29. The number of rotatable bonds is 4. The monoisotopic (exact) mass is 436 g/mol. The molecule has 0 aliphatic carbocycles. The highest BCUT2D eigenvalue weighted by atomic mass is 79.9. The lowest BCUT2D eigenvalue weighted by Gasteiger charge is -2.11. The third kappa shape index (κ3) is 4.95. The fraction of sp³-hybridized carbons (Fsp3) is 0.133. The van der Waals surface area contributed by atoms with Crippen molar-refractivity contribution >= 4 is 43.2 Å². The lowest BCUT2D eigenvalue weighted by Crippen LogP contribution is -2.29. The van der Waals surface area contributed by atoms with Gasteiger partial charge in [0.1, 0.15) is 0 Å². The van der Waals surface area contributed by atoms with Crippen molar-refractivity contribution in [3.8, 4) is 0 Å². The average Bonchev–Trinajstić information content (AvgIpc) is 2.50. The van der Waals surface area contributed by atoms with Crippen LogP contribution < -0.4 is 10.0 Å². The lowest BCUT2D eigenvalue weighted by molar-refractivity contribution is -0.167. The van der Waals surface area contributed by atoms with E-state index in [2.05, 4.69) is 20.7 Å². The van der Waals surface area contributed by atoms with Crippen molar-refractivity contribution in [1.82, 2.24) is 0 Å². The zero-order valence-electron chi connectivity index (χ0n) is 12.7. The molecule has 0 unspecified atom stereocenters. The third-order valence-electron chi connectivity index (χ3n) is 3.10. The summed E-state index contributed by atoms with van der Waals surface area (Å²) in [7, 11) is -3.92. The van der Waals surface area contributed by atoms with E-state index in [9.17, 15) is 26.4 Å². The van der Waals surface area contributed by atoms with Gasteiger partial charge in [0.2, 0.25) is 0 Å². The van der Waals surface area contributed by atoms with Crippen LogP contribution in [-0.4, -0.2) is 20.5 Å². The first kappa shape index (κ1) is 19.3. The molecule has 25 heavy (non-hydrogen) atoms. The summed E-state index contributed by atoms with van der Waals surface area (Å²) in [5, 5.41) is 1.64. The fourth-order valence-corrected chi connectivity index (χ4v) is 3.22. The molecule has 10 heteroatoms. The van der Waals surface area contributed by atoms with Gasteiger partial charge in [-0.05, 0) is 48.9 Å². The Morgan fingerprint density at radius 2 is 1.60 bits per heavy atom. The van der Waals surface area contributed by atoms with Crippen molar-refractivity contribution in [3.63, 3.8) is 0 Å². The standard InChI is InChI=1S/C15H12BrF3N2O3S/c1-9-2-3-11(8-13(9)16)21-25(23,24)12-6-4-10(5-7-12)20-14(22)15(17,18)19/h2-8,21H,1H3,(H,20,22). The lowest BCUT2D eigenvalue weighted by atomic mass is 10.2. The predicted octanol–water partition coefficient (Wildman–Crippen LogP) is 4.06.